The molecular formula is C12H12N2O2. The van der Waals surface area contributed by atoms with Gasteiger partial charge >= 0.3 is 0 Å². The largest absolute Gasteiger partial charge is 0.298 e. The number of aromatic nitrogens is 1. The number of fused-ring (bicyclic) bond motifs is 1. The zero-order valence-electron chi connectivity index (χ0n) is 9.18. The molecule has 0 aliphatic carbocycles. The van der Waals surface area contributed by atoms with Crippen LogP contribution in [0.25, 0.3) is 10.9 Å². The van der Waals surface area contributed by atoms with Gasteiger partial charge in [-0.05, 0) is 12.0 Å². The fourth-order valence-electron chi connectivity index (χ4n) is 1.80. The van der Waals surface area contributed by atoms with Crippen molar-refractivity contribution in [2.45, 2.75) is 19.8 Å². The first-order valence-electron chi connectivity index (χ1n) is 5.13. The molecule has 0 atom stereocenters. The highest BCUT2D eigenvalue weighted by Crippen LogP contribution is 2.32. The molecule has 4 nitrogen and oxygen atoms in total. The molecule has 4 heteroatoms. The molecule has 0 aliphatic rings. The molecule has 16 heavy (non-hydrogen) atoms. The zero-order valence-corrected chi connectivity index (χ0v) is 9.18. The van der Waals surface area contributed by atoms with E-state index in [0.29, 0.717) is 5.52 Å². The lowest BCUT2D eigenvalue weighted by Crippen LogP contribution is -1.99. The standard InChI is InChI=1S/C12H12N2O2/c1-8(2)10-6-5-9-4-3-7-13-11(9)12(10)14(15)16/h3-8H,1-2H3. The van der Waals surface area contributed by atoms with Crippen LogP contribution >= 0.6 is 0 Å². The Labute approximate surface area is 93.1 Å². The summed E-state index contributed by atoms with van der Waals surface area (Å²) < 4.78 is 0. The normalized spacial score (nSPS) is 10.9. The van der Waals surface area contributed by atoms with Crippen LogP contribution in [0.5, 0.6) is 0 Å². The highest BCUT2D eigenvalue weighted by atomic mass is 16.6. The summed E-state index contributed by atoms with van der Waals surface area (Å²) in [4.78, 5) is 14.9. The van der Waals surface area contributed by atoms with Crippen molar-refractivity contribution in [3.8, 4) is 0 Å². The number of nitro benzene ring substituents is 1. The summed E-state index contributed by atoms with van der Waals surface area (Å²) in [7, 11) is 0. The summed E-state index contributed by atoms with van der Waals surface area (Å²) in [6, 6.07) is 7.30. The Morgan fingerprint density at radius 1 is 1.31 bits per heavy atom. The fraction of sp³-hybridized carbons (Fsp3) is 0.250. The van der Waals surface area contributed by atoms with Crippen LogP contribution in [-0.2, 0) is 0 Å². The van der Waals surface area contributed by atoms with Crippen molar-refractivity contribution < 1.29 is 4.92 Å². The van der Waals surface area contributed by atoms with Crippen LogP contribution in [0.4, 0.5) is 5.69 Å². The Balaban J connectivity index is 2.84. The first-order valence-corrected chi connectivity index (χ1v) is 5.13. The van der Waals surface area contributed by atoms with Gasteiger partial charge in [-0.2, -0.15) is 0 Å². The lowest BCUT2D eigenvalue weighted by molar-refractivity contribution is -0.384. The molecule has 1 aromatic carbocycles. The maximum Gasteiger partial charge on any atom is 0.298 e. The Bertz CT molecular complexity index is 550. The molecule has 82 valence electrons. The van der Waals surface area contributed by atoms with E-state index < -0.39 is 0 Å². The minimum Gasteiger partial charge on any atom is -0.258 e. The Hall–Kier alpha value is -1.97. The number of benzene rings is 1. The molecule has 1 aromatic heterocycles. The smallest absolute Gasteiger partial charge is 0.258 e. The summed E-state index contributed by atoms with van der Waals surface area (Å²) in [6.07, 6.45) is 1.58. The van der Waals surface area contributed by atoms with Gasteiger partial charge in [-0.15, -0.1) is 0 Å². The van der Waals surface area contributed by atoms with E-state index in [-0.39, 0.29) is 16.5 Å². The van der Waals surface area contributed by atoms with Gasteiger partial charge in [0.25, 0.3) is 5.69 Å². The third-order valence-corrected chi connectivity index (χ3v) is 2.58. The molecule has 2 rings (SSSR count). The van der Waals surface area contributed by atoms with Crippen molar-refractivity contribution in [3.63, 3.8) is 0 Å². The number of hydrogen-bond donors (Lipinski definition) is 0. The lowest BCUT2D eigenvalue weighted by atomic mass is 9.99. The molecular weight excluding hydrogens is 204 g/mol. The maximum absolute atomic E-state index is 11.1. The third-order valence-electron chi connectivity index (χ3n) is 2.58. The van der Waals surface area contributed by atoms with Gasteiger partial charge < -0.3 is 0 Å². The average Bonchev–Trinajstić information content (AvgIpc) is 2.27. The number of pyridine rings is 1. The van der Waals surface area contributed by atoms with E-state index in [2.05, 4.69) is 4.98 Å². The highest BCUT2D eigenvalue weighted by molar-refractivity contribution is 5.88. The van der Waals surface area contributed by atoms with Crippen molar-refractivity contribution in [1.82, 2.24) is 4.98 Å². The molecule has 1 heterocycles. The van der Waals surface area contributed by atoms with E-state index >= 15 is 0 Å². The SMILES string of the molecule is CC(C)c1ccc2cccnc2c1[N+](=O)[O-]. The Morgan fingerprint density at radius 2 is 2.06 bits per heavy atom. The van der Waals surface area contributed by atoms with Crippen molar-refractivity contribution >= 4 is 16.6 Å². The maximum atomic E-state index is 11.1. The zero-order chi connectivity index (χ0) is 11.7. The van der Waals surface area contributed by atoms with Crippen LogP contribution in [0.2, 0.25) is 0 Å². The van der Waals surface area contributed by atoms with Crippen molar-refractivity contribution in [2.75, 3.05) is 0 Å². The third kappa shape index (κ3) is 1.62. The predicted octanol–water partition coefficient (Wildman–Crippen LogP) is 3.27. The minimum atomic E-state index is -0.343. The summed E-state index contributed by atoms with van der Waals surface area (Å²) in [6.45, 7) is 3.88. The van der Waals surface area contributed by atoms with Crippen molar-refractivity contribution in [3.05, 3.63) is 46.1 Å². The molecule has 0 fully saturated rings. The Kier molecular flexibility index (Phi) is 2.56. The molecule has 0 unspecified atom stereocenters. The second-order valence-electron chi connectivity index (χ2n) is 3.99. The van der Waals surface area contributed by atoms with Crippen LogP contribution in [-0.4, -0.2) is 9.91 Å². The molecule has 0 saturated heterocycles. The fourth-order valence-corrected chi connectivity index (χ4v) is 1.80. The van der Waals surface area contributed by atoms with Gasteiger partial charge in [0.1, 0.15) is 5.52 Å². The van der Waals surface area contributed by atoms with Crippen LogP contribution in [0.3, 0.4) is 0 Å². The van der Waals surface area contributed by atoms with Gasteiger partial charge in [0.2, 0.25) is 0 Å². The van der Waals surface area contributed by atoms with Crippen molar-refractivity contribution in [1.29, 1.82) is 0 Å². The van der Waals surface area contributed by atoms with Gasteiger partial charge in [0, 0.05) is 17.1 Å². The van der Waals surface area contributed by atoms with E-state index in [1.165, 1.54) is 0 Å². The topological polar surface area (TPSA) is 56.0 Å². The van der Waals surface area contributed by atoms with Crippen LogP contribution in [0.1, 0.15) is 25.3 Å². The summed E-state index contributed by atoms with van der Waals surface area (Å²) in [5, 5.41) is 11.9. The van der Waals surface area contributed by atoms with E-state index in [1.54, 1.807) is 12.3 Å². The average molecular weight is 216 g/mol. The van der Waals surface area contributed by atoms with E-state index in [1.807, 2.05) is 32.0 Å². The second kappa shape index (κ2) is 3.89. The van der Waals surface area contributed by atoms with Crippen LogP contribution < -0.4 is 0 Å². The predicted molar refractivity (Wildman–Crippen MR) is 62.5 cm³/mol. The van der Waals surface area contributed by atoms with Gasteiger partial charge in [0.15, 0.2) is 0 Å². The number of hydrogen-bond acceptors (Lipinski definition) is 3. The second-order valence-corrected chi connectivity index (χ2v) is 3.99. The highest BCUT2D eigenvalue weighted by Gasteiger charge is 2.20. The van der Waals surface area contributed by atoms with E-state index in [0.717, 1.165) is 10.9 Å². The number of nitrogens with zero attached hydrogens (tertiary/aromatic N) is 2. The number of nitro groups is 1. The lowest BCUT2D eigenvalue weighted by Gasteiger charge is -2.07. The molecule has 0 saturated carbocycles. The molecule has 0 radical (unpaired) electrons. The van der Waals surface area contributed by atoms with E-state index in [9.17, 15) is 10.1 Å². The van der Waals surface area contributed by atoms with Crippen LogP contribution in [0, 0.1) is 10.1 Å². The minimum absolute atomic E-state index is 0.117. The summed E-state index contributed by atoms with van der Waals surface area (Å²) in [5.74, 6) is 0.117. The molecule has 2 aromatic rings. The van der Waals surface area contributed by atoms with Gasteiger partial charge in [-0.25, -0.2) is 4.98 Å². The molecule has 0 N–H and O–H groups in total. The summed E-state index contributed by atoms with van der Waals surface area (Å²) in [5.41, 5.74) is 1.34. The summed E-state index contributed by atoms with van der Waals surface area (Å²) >= 11 is 0. The molecule has 0 aliphatic heterocycles. The quantitative estimate of drug-likeness (QED) is 0.571. The van der Waals surface area contributed by atoms with Gasteiger partial charge in [-0.1, -0.05) is 32.0 Å². The first kappa shape index (κ1) is 10.5. The molecule has 0 bridgehead atoms. The van der Waals surface area contributed by atoms with Crippen molar-refractivity contribution in [2.24, 2.45) is 0 Å². The van der Waals surface area contributed by atoms with E-state index in [4.69, 9.17) is 0 Å². The monoisotopic (exact) mass is 216 g/mol. The first-order chi connectivity index (χ1) is 7.61. The number of rotatable bonds is 2. The Morgan fingerprint density at radius 3 is 2.69 bits per heavy atom. The van der Waals surface area contributed by atoms with Crippen LogP contribution in [0.15, 0.2) is 30.5 Å². The van der Waals surface area contributed by atoms with Gasteiger partial charge in [0.05, 0.1) is 4.92 Å². The molecule has 0 amide bonds. The molecule has 0 spiro atoms. The van der Waals surface area contributed by atoms with Gasteiger partial charge in [-0.3, -0.25) is 10.1 Å².